The van der Waals surface area contributed by atoms with Gasteiger partial charge in [-0.2, -0.15) is 0 Å². The minimum atomic E-state index is -0.225. The van der Waals surface area contributed by atoms with Crippen molar-refractivity contribution in [2.24, 2.45) is 0 Å². The van der Waals surface area contributed by atoms with Crippen LogP contribution in [0.1, 0.15) is 27.2 Å². The quantitative estimate of drug-likeness (QED) is 0.468. The highest BCUT2D eigenvalue weighted by Gasteiger charge is 2.15. The van der Waals surface area contributed by atoms with Gasteiger partial charge in [0.2, 0.25) is 0 Å². The van der Waals surface area contributed by atoms with E-state index in [0.717, 1.165) is 12.0 Å². The highest BCUT2D eigenvalue weighted by Crippen LogP contribution is 2.12. The van der Waals surface area contributed by atoms with Crippen LogP contribution in [-0.2, 0) is 14.2 Å². The first-order chi connectivity index (χ1) is 6.51. The molecule has 14 heavy (non-hydrogen) atoms. The summed E-state index contributed by atoms with van der Waals surface area (Å²) in [5, 5.41) is 0. The van der Waals surface area contributed by atoms with Crippen molar-refractivity contribution in [1.82, 2.24) is 0 Å². The summed E-state index contributed by atoms with van der Waals surface area (Å²) in [5.41, 5.74) is 0.997. The Morgan fingerprint density at radius 1 is 1.21 bits per heavy atom. The summed E-state index contributed by atoms with van der Waals surface area (Å²) in [5.74, 6) is 0. The van der Waals surface area contributed by atoms with Crippen molar-refractivity contribution >= 4 is 0 Å². The summed E-state index contributed by atoms with van der Waals surface area (Å²) in [6, 6.07) is 0. The summed E-state index contributed by atoms with van der Waals surface area (Å²) >= 11 is 0. The Morgan fingerprint density at radius 3 is 2.14 bits per heavy atom. The third kappa shape index (κ3) is 5.37. The zero-order chi connectivity index (χ0) is 11.1. The van der Waals surface area contributed by atoms with E-state index in [9.17, 15) is 0 Å². The Kier molecular flexibility index (Phi) is 6.79. The van der Waals surface area contributed by atoms with E-state index in [0.29, 0.717) is 0 Å². The fourth-order valence-corrected chi connectivity index (χ4v) is 0.918. The Morgan fingerprint density at radius 2 is 1.79 bits per heavy atom. The lowest BCUT2D eigenvalue weighted by Crippen LogP contribution is -2.26. The molecule has 3 heteroatoms. The van der Waals surface area contributed by atoms with Crippen LogP contribution in [0.5, 0.6) is 0 Å². The van der Waals surface area contributed by atoms with Crippen molar-refractivity contribution in [3.63, 3.8) is 0 Å². The van der Waals surface area contributed by atoms with Gasteiger partial charge in [-0.05, 0) is 20.8 Å². The fourth-order valence-electron chi connectivity index (χ4n) is 0.918. The van der Waals surface area contributed by atoms with Crippen LogP contribution in [0.15, 0.2) is 12.2 Å². The first kappa shape index (κ1) is 13.6. The van der Waals surface area contributed by atoms with Crippen LogP contribution in [0.2, 0.25) is 0 Å². The molecule has 0 amide bonds. The molecule has 0 aromatic heterocycles. The standard InChI is InChI=1S/C11H22O3/c1-8(2)10(4)14-11(13-6)7-9(3)12-5/h9-11H,1,7H2,2-6H3. The SMILES string of the molecule is C=C(C)C(C)OC(CC(C)OC)OC. The van der Waals surface area contributed by atoms with Crippen molar-refractivity contribution in [2.45, 2.75) is 45.7 Å². The molecule has 0 aliphatic heterocycles. The topological polar surface area (TPSA) is 27.7 Å². The van der Waals surface area contributed by atoms with Crippen LogP contribution < -0.4 is 0 Å². The smallest absolute Gasteiger partial charge is 0.160 e. The molecule has 0 aromatic carbocycles. The van der Waals surface area contributed by atoms with E-state index in [1.54, 1.807) is 14.2 Å². The largest absolute Gasteiger partial charge is 0.382 e. The van der Waals surface area contributed by atoms with Gasteiger partial charge >= 0.3 is 0 Å². The van der Waals surface area contributed by atoms with Gasteiger partial charge in [0, 0.05) is 20.6 Å². The molecule has 0 radical (unpaired) electrons. The van der Waals surface area contributed by atoms with E-state index >= 15 is 0 Å². The van der Waals surface area contributed by atoms with Gasteiger partial charge in [-0.1, -0.05) is 12.2 Å². The number of ether oxygens (including phenoxy) is 3. The molecule has 0 aromatic rings. The van der Waals surface area contributed by atoms with Gasteiger partial charge < -0.3 is 14.2 Å². The molecular formula is C11H22O3. The lowest BCUT2D eigenvalue weighted by Gasteiger charge is -2.23. The minimum absolute atomic E-state index is 0.0176. The van der Waals surface area contributed by atoms with Crippen LogP contribution >= 0.6 is 0 Å². The Labute approximate surface area is 87.0 Å². The molecule has 0 N–H and O–H groups in total. The highest BCUT2D eigenvalue weighted by atomic mass is 16.7. The van der Waals surface area contributed by atoms with Crippen molar-refractivity contribution in [3.05, 3.63) is 12.2 Å². The molecule has 0 heterocycles. The van der Waals surface area contributed by atoms with Crippen LogP contribution in [-0.4, -0.2) is 32.7 Å². The zero-order valence-electron chi connectivity index (χ0n) is 9.87. The van der Waals surface area contributed by atoms with Gasteiger partial charge in [0.15, 0.2) is 6.29 Å². The maximum atomic E-state index is 5.63. The van der Waals surface area contributed by atoms with Crippen LogP contribution in [0.4, 0.5) is 0 Å². The summed E-state index contributed by atoms with van der Waals surface area (Å²) in [6.45, 7) is 9.72. The van der Waals surface area contributed by atoms with Crippen molar-refractivity contribution in [3.8, 4) is 0 Å². The van der Waals surface area contributed by atoms with E-state index in [2.05, 4.69) is 6.58 Å². The number of rotatable bonds is 7. The number of methoxy groups -OCH3 is 2. The molecule has 0 bridgehead atoms. The lowest BCUT2D eigenvalue weighted by atomic mass is 10.2. The Hall–Kier alpha value is -0.380. The molecule has 0 aliphatic carbocycles. The molecule has 0 aliphatic rings. The number of hydrogen-bond acceptors (Lipinski definition) is 3. The first-order valence-electron chi connectivity index (χ1n) is 4.87. The van der Waals surface area contributed by atoms with E-state index in [-0.39, 0.29) is 18.5 Å². The van der Waals surface area contributed by atoms with Gasteiger partial charge in [0.05, 0.1) is 12.2 Å². The van der Waals surface area contributed by atoms with Crippen molar-refractivity contribution in [1.29, 1.82) is 0 Å². The summed E-state index contributed by atoms with van der Waals surface area (Å²) < 4.78 is 16.0. The molecule has 0 saturated carbocycles. The molecule has 3 unspecified atom stereocenters. The van der Waals surface area contributed by atoms with Gasteiger partial charge in [0.1, 0.15) is 0 Å². The average molecular weight is 202 g/mol. The minimum Gasteiger partial charge on any atom is -0.382 e. The second-order valence-electron chi connectivity index (χ2n) is 3.57. The fraction of sp³-hybridized carbons (Fsp3) is 0.818. The van der Waals surface area contributed by atoms with Gasteiger partial charge in [-0.3, -0.25) is 0 Å². The molecule has 84 valence electrons. The van der Waals surface area contributed by atoms with Gasteiger partial charge in [-0.15, -0.1) is 0 Å². The van der Waals surface area contributed by atoms with Gasteiger partial charge in [0.25, 0.3) is 0 Å². The summed E-state index contributed by atoms with van der Waals surface area (Å²) in [7, 11) is 3.32. The van der Waals surface area contributed by atoms with Gasteiger partial charge in [-0.25, -0.2) is 0 Å². The van der Waals surface area contributed by atoms with Crippen molar-refractivity contribution < 1.29 is 14.2 Å². The summed E-state index contributed by atoms with van der Waals surface area (Å²) in [4.78, 5) is 0. The highest BCUT2D eigenvalue weighted by molar-refractivity contribution is 4.95. The van der Waals surface area contributed by atoms with Crippen LogP contribution in [0.3, 0.4) is 0 Å². The predicted octanol–water partition coefficient (Wildman–Crippen LogP) is 2.37. The second-order valence-corrected chi connectivity index (χ2v) is 3.57. The second kappa shape index (κ2) is 6.98. The number of hydrogen-bond donors (Lipinski definition) is 0. The molecule has 3 nitrogen and oxygen atoms in total. The maximum absolute atomic E-state index is 5.63. The average Bonchev–Trinajstić information content (AvgIpc) is 2.16. The van der Waals surface area contributed by atoms with Crippen molar-refractivity contribution in [2.75, 3.05) is 14.2 Å². The maximum Gasteiger partial charge on any atom is 0.160 e. The van der Waals surface area contributed by atoms with Crippen LogP contribution in [0, 0.1) is 0 Å². The molecule has 0 rings (SSSR count). The third-order valence-corrected chi connectivity index (χ3v) is 2.24. The van der Waals surface area contributed by atoms with Crippen LogP contribution in [0.25, 0.3) is 0 Å². The predicted molar refractivity (Wildman–Crippen MR) is 57.2 cm³/mol. The first-order valence-corrected chi connectivity index (χ1v) is 4.87. The summed E-state index contributed by atoms with van der Waals surface area (Å²) in [6.07, 6.45) is 0.655. The normalized spacial score (nSPS) is 17.5. The lowest BCUT2D eigenvalue weighted by molar-refractivity contribution is -0.158. The molecule has 3 atom stereocenters. The molecule has 0 saturated heterocycles. The molecule has 0 fully saturated rings. The van der Waals surface area contributed by atoms with E-state index in [1.165, 1.54) is 0 Å². The zero-order valence-corrected chi connectivity index (χ0v) is 9.87. The van der Waals surface area contributed by atoms with E-state index < -0.39 is 0 Å². The molecular weight excluding hydrogens is 180 g/mol. The van der Waals surface area contributed by atoms with E-state index in [1.807, 2.05) is 20.8 Å². The third-order valence-electron chi connectivity index (χ3n) is 2.24. The Bertz CT molecular complexity index is 168. The molecule has 0 spiro atoms. The Balaban J connectivity index is 3.96. The van der Waals surface area contributed by atoms with E-state index in [4.69, 9.17) is 14.2 Å². The monoisotopic (exact) mass is 202 g/mol.